The highest BCUT2D eigenvalue weighted by atomic mass is 16.5. The number of hydrogen-bond acceptors (Lipinski definition) is 1. The van der Waals surface area contributed by atoms with Gasteiger partial charge in [0.05, 0.1) is 0 Å². The molecule has 1 nitrogen and oxygen atoms in total. The molecule has 2 aromatic carbocycles. The summed E-state index contributed by atoms with van der Waals surface area (Å²) < 4.78 is 5.99. The Labute approximate surface area is 109 Å². The molecule has 0 unspecified atom stereocenters. The van der Waals surface area contributed by atoms with Crippen molar-refractivity contribution in [2.45, 2.75) is 32.6 Å². The van der Waals surface area contributed by atoms with Crippen LogP contribution < -0.4 is 4.74 Å². The molecule has 0 saturated carbocycles. The predicted octanol–water partition coefficient (Wildman–Crippen LogP) is 5.38. The maximum absolute atomic E-state index is 5.99. The van der Waals surface area contributed by atoms with Gasteiger partial charge in [-0.15, -0.1) is 0 Å². The summed E-state index contributed by atoms with van der Waals surface area (Å²) in [6.45, 7) is 4.46. The molecule has 0 aliphatic rings. The Morgan fingerprint density at radius 3 is 2.11 bits per heavy atom. The van der Waals surface area contributed by atoms with Crippen molar-refractivity contribution in [2.24, 2.45) is 0 Å². The van der Waals surface area contributed by atoms with Gasteiger partial charge in [0.25, 0.3) is 0 Å². The zero-order valence-electron chi connectivity index (χ0n) is 11.1. The number of ether oxygens (including phenoxy) is 1. The lowest BCUT2D eigenvalue weighted by Crippen LogP contribution is -1.98. The highest BCUT2D eigenvalue weighted by molar-refractivity contribution is 5.39. The molecule has 94 valence electrons. The molecule has 18 heavy (non-hydrogen) atoms. The first-order valence-corrected chi connectivity index (χ1v) is 6.67. The van der Waals surface area contributed by atoms with Crippen molar-refractivity contribution in [1.82, 2.24) is 0 Å². The summed E-state index contributed by atoms with van der Waals surface area (Å²) in [7, 11) is 0. The fourth-order valence-electron chi connectivity index (χ4n) is 2.25. The van der Waals surface area contributed by atoms with Crippen LogP contribution >= 0.6 is 0 Å². The van der Waals surface area contributed by atoms with Crippen molar-refractivity contribution in [1.29, 1.82) is 0 Å². The first-order chi connectivity index (χ1) is 8.85. The molecule has 0 fully saturated rings. The molecule has 0 aromatic heterocycles. The van der Waals surface area contributed by atoms with Gasteiger partial charge in [-0.05, 0) is 42.5 Å². The van der Waals surface area contributed by atoms with Gasteiger partial charge in [0, 0.05) is 0 Å². The summed E-state index contributed by atoms with van der Waals surface area (Å²) in [4.78, 5) is 0. The monoisotopic (exact) mass is 240 g/mol. The smallest absolute Gasteiger partial charge is 0.130 e. The largest absolute Gasteiger partial charge is 0.457 e. The van der Waals surface area contributed by atoms with Gasteiger partial charge in [0.2, 0.25) is 0 Å². The van der Waals surface area contributed by atoms with Crippen LogP contribution in [0.1, 0.15) is 38.2 Å². The van der Waals surface area contributed by atoms with Crippen LogP contribution in [0.15, 0.2) is 54.6 Å². The summed E-state index contributed by atoms with van der Waals surface area (Å²) in [5.74, 6) is 2.46. The maximum atomic E-state index is 5.99. The van der Waals surface area contributed by atoms with E-state index in [0.29, 0.717) is 5.92 Å². The zero-order chi connectivity index (χ0) is 12.8. The fraction of sp³-hybridized carbons (Fsp3) is 0.294. The van der Waals surface area contributed by atoms with Gasteiger partial charge in [0.1, 0.15) is 11.5 Å². The van der Waals surface area contributed by atoms with Crippen LogP contribution in [0.3, 0.4) is 0 Å². The number of benzene rings is 2. The minimum absolute atomic E-state index is 0.574. The van der Waals surface area contributed by atoms with Crippen LogP contribution in [0.2, 0.25) is 0 Å². The van der Waals surface area contributed by atoms with E-state index in [9.17, 15) is 0 Å². The van der Waals surface area contributed by atoms with E-state index < -0.39 is 0 Å². The lowest BCUT2D eigenvalue weighted by molar-refractivity contribution is 0.466. The van der Waals surface area contributed by atoms with Crippen LogP contribution in [-0.4, -0.2) is 0 Å². The second kappa shape index (κ2) is 6.25. The molecule has 0 aliphatic heterocycles. The molecule has 0 radical (unpaired) electrons. The van der Waals surface area contributed by atoms with Crippen molar-refractivity contribution >= 4 is 0 Å². The Bertz CT molecular complexity index is 472. The van der Waals surface area contributed by atoms with Crippen molar-refractivity contribution in [3.63, 3.8) is 0 Å². The summed E-state index contributed by atoms with van der Waals surface area (Å²) >= 11 is 0. The van der Waals surface area contributed by atoms with Gasteiger partial charge < -0.3 is 4.74 Å². The van der Waals surface area contributed by atoms with Crippen LogP contribution in [0.4, 0.5) is 0 Å². The van der Waals surface area contributed by atoms with Crippen LogP contribution in [0, 0.1) is 0 Å². The van der Waals surface area contributed by atoms with Crippen molar-refractivity contribution in [2.75, 3.05) is 0 Å². The van der Waals surface area contributed by atoms with Crippen LogP contribution in [-0.2, 0) is 0 Å². The Kier molecular flexibility index (Phi) is 4.40. The van der Waals surface area contributed by atoms with E-state index in [1.54, 1.807) is 0 Å². The lowest BCUT2D eigenvalue weighted by atomic mass is 9.93. The van der Waals surface area contributed by atoms with E-state index in [-0.39, 0.29) is 0 Å². The third-order valence-electron chi connectivity index (χ3n) is 3.32. The minimum atomic E-state index is 0.574. The lowest BCUT2D eigenvalue weighted by Gasteiger charge is -2.17. The van der Waals surface area contributed by atoms with Gasteiger partial charge >= 0.3 is 0 Å². The van der Waals surface area contributed by atoms with Gasteiger partial charge in [-0.2, -0.15) is 0 Å². The van der Waals surface area contributed by atoms with Gasteiger partial charge in [0.15, 0.2) is 0 Å². The molecule has 2 aromatic rings. The first-order valence-electron chi connectivity index (χ1n) is 6.67. The van der Waals surface area contributed by atoms with Crippen molar-refractivity contribution < 1.29 is 4.74 Å². The van der Waals surface area contributed by atoms with Crippen molar-refractivity contribution in [3.05, 3.63) is 60.2 Å². The van der Waals surface area contributed by atoms with E-state index in [0.717, 1.165) is 24.3 Å². The van der Waals surface area contributed by atoms with Crippen LogP contribution in [0.25, 0.3) is 0 Å². The molecule has 0 spiro atoms. The van der Waals surface area contributed by atoms with E-state index in [1.165, 1.54) is 5.56 Å². The molecule has 1 heteroatoms. The molecule has 0 heterocycles. The number of para-hydroxylation sites is 2. The molecule has 0 amide bonds. The molecular formula is C17H20O. The van der Waals surface area contributed by atoms with Gasteiger partial charge in [-0.1, -0.05) is 50.2 Å². The second-order valence-corrected chi connectivity index (χ2v) is 4.47. The highest BCUT2D eigenvalue weighted by Crippen LogP contribution is 2.33. The Hall–Kier alpha value is -1.76. The molecule has 0 aliphatic carbocycles. The van der Waals surface area contributed by atoms with E-state index in [1.807, 2.05) is 36.4 Å². The highest BCUT2D eigenvalue weighted by Gasteiger charge is 2.12. The standard InChI is InChI=1S/C17H20O/c1-3-14(4-2)16-12-8-9-13-17(16)18-15-10-6-5-7-11-15/h5-14H,3-4H2,1-2H3. The van der Waals surface area contributed by atoms with E-state index >= 15 is 0 Å². The quantitative estimate of drug-likeness (QED) is 0.681. The topological polar surface area (TPSA) is 9.23 Å². The summed E-state index contributed by atoms with van der Waals surface area (Å²) in [6.07, 6.45) is 2.29. The molecule has 0 bridgehead atoms. The summed E-state index contributed by atoms with van der Waals surface area (Å²) in [6, 6.07) is 18.3. The summed E-state index contributed by atoms with van der Waals surface area (Å²) in [5.41, 5.74) is 1.31. The van der Waals surface area contributed by atoms with Gasteiger partial charge in [-0.3, -0.25) is 0 Å². The van der Waals surface area contributed by atoms with Gasteiger partial charge in [-0.25, -0.2) is 0 Å². The maximum Gasteiger partial charge on any atom is 0.130 e. The Morgan fingerprint density at radius 1 is 0.833 bits per heavy atom. The SMILES string of the molecule is CCC(CC)c1ccccc1Oc1ccccc1. The summed E-state index contributed by atoms with van der Waals surface area (Å²) in [5, 5.41) is 0. The molecule has 0 saturated heterocycles. The molecule has 0 N–H and O–H groups in total. The Morgan fingerprint density at radius 2 is 1.44 bits per heavy atom. The van der Waals surface area contributed by atoms with Crippen molar-refractivity contribution in [3.8, 4) is 11.5 Å². The fourth-order valence-corrected chi connectivity index (χ4v) is 2.25. The molecular weight excluding hydrogens is 220 g/mol. The Balaban J connectivity index is 2.28. The normalized spacial score (nSPS) is 10.6. The second-order valence-electron chi connectivity index (χ2n) is 4.47. The van der Waals surface area contributed by atoms with Crippen LogP contribution in [0.5, 0.6) is 11.5 Å². The first kappa shape index (κ1) is 12.7. The third-order valence-corrected chi connectivity index (χ3v) is 3.32. The molecule has 2 rings (SSSR count). The predicted molar refractivity (Wildman–Crippen MR) is 76.3 cm³/mol. The average molecular weight is 240 g/mol. The van der Waals surface area contributed by atoms with E-state index in [2.05, 4.69) is 32.0 Å². The third kappa shape index (κ3) is 2.92. The number of hydrogen-bond donors (Lipinski definition) is 0. The molecule has 0 atom stereocenters. The average Bonchev–Trinajstić information content (AvgIpc) is 2.43. The number of rotatable bonds is 5. The minimum Gasteiger partial charge on any atom is -0.457 e. The zero-order valence-corrected chi connectivity index (χ0v) is 11.1. The van der Waals surface area contributed by atoms with E-state index in [4.69, 9.17) is 4.74 Å².